The van der Waals surface area contributed by atoms with Gasteiger partial charge in [0.2, 0.25) is 0 Å². The van der Waals surface area contributed by atoms with E-state index in [0.717, 1.165) is 19.5 Å². The summed E-state index contributed by atoms with van der Waals surface area (Å²) >= 11 is 0. The first-order valence-corrected chi connectivity index (χ1v) is 6.63. The Bertz CT molecular complexity index is 358. The van der Waals surface area contributed by atoms with Gasteiger partial charge in [-0.2, -0.15) is 0 Å². The first kappa shape index (κ1) is 12.6. The third kappa shape index (κ3) is 2.88. The largest absolute Gasteiger partial charge is 0.327 e. The van der Waals surface area contributed by atoms with Gasteiger partial charge in [-0.15, -0.1) is 0 Å². The van der Waals surface area contributed by atoms with Gasteiger partial charge in [0, 0.05) is 25.2 Å². The molecule has 3 unspecified atom stereocenters. The van der Waals surface area contributed by atoms with Gasteiger partial charge in [-0.1, -0.05) is 36.8 Å². The van der Waals surface area contributed by atoms with E-state index in [2.05, 4.69) is 49.9 Å². The van der Waals surface area contributed by atoms with Crippen LogP contribution in [0.3, 0.4) is 0 Å². The fourth-order valence-corrected chi connectivity index (χ4v) is 2.62. The Morgan fingerprint density at radius 3 is 2.53 bits per heavy atom. The number of hydrogen-bond acceptors (Lipinski definition) is 2. The van der Waals surface area contributed by atoms with Crippen molar-refractivity contribution in [1.82, 2.24) is 4.90 Å². The maximum absolute atomic E-state index is 6.12. The topological polar surface area (TPSA) is 29.3 Å². The highest BCUT2D eigenvalue weighted by Gasteiger charge is 2.29. The molecule has 1 aromatic rings. The maximum atomic E-state index is 6.12. The predicted molar refractivity (Wildman–Crippen MR) is 72.8 cm³/mol. The minimum Gasteiger partial charge on any atom is -0.327 e. The zero-order chi connectivity index (χ0) is 12.4. The van der Waals surface area contributed by atoms with Crippen molar-refractivity contribution in [2.75, 3.05) is 6.54 Å². The normalized spacial score (nSPS) is 30.5. The second-order valence-electron chi connectivity index (χ2n) is 5.51. The molecule has 0 saturated carbocycles. The summed E-state index contributed by atoms with van der Waals surface area (Å²) in [5.41, 5.74) is 8.85. The highest BCUT2D eigenvalue weighted by molar-refractivity contribution is 5.21. The van der Waals surface area contributed by atoms with Gasteiger partial charge < -0.3 is 5.73 Å². The molecule has 1 aliphatic heterocycles. The summed E-state index contributed by atoms with van der Waals surface area (Å²) in [4.78, 5) is 2.55. The van der Waals surface area contributed by atoms with E-state index in [1.807, 2.05) is 0 Å². The number of nitrogens with two attached hydrogens (primary N) is 1. The van der Waals surface area contributed by atoms with Gasteiger partial charge in [-0.25, -0.2) is 0 Å². The van der Waals surface area contributed by atoms with Gasteiger partial charge in [0.25, 0.3) is 0 Å². The minimum atomic E-state index is 0.374. The van der Waals surface area contributed by atoms with E-state index in [9.17, 15) is 0 Å². The van der Waals surface area contributed by atoms with Crippen LogP contribution < -0.4 is 5.73 Å². The molecular weight excluding hydrogens is 208 g/mol. The third-order valence-corrected chi connectivity index (χ3v) is 4.27. The van der Waals surface area contributed by atoms with Crippen LogP contribution in [0, 0.1) is 12.8 Å². The van der Waals surface area contributed by atoms with Crippen LogP contribution in [0.1, 0.15) is 31.4 Å². The molecule has 0 bridgehead atoms. The molecule has 17 heavy (non-hydrogen) atoms. The standard InChI is InChI=1S/C15H24N2/c1-11-4-6-14(7-5-11)10-17-9-8-15(16)12(2)13(17)3/h4-7,12-13,15H,8-10,16H2,1-3H3. The Balaban J connectivity index is 2.01. The van der Waals surface area contributed by atoms with Gasteiger partial charge in [0.1, 0.15) is 0 Å². The van der Waals surface area contributed by atoms with E-state index in [1.165, 1.54) is 11.1 Å². The van der Waals surface area contributed by atoms with Crippen molar-refractivity contribution in [1.29, 1.82) is 0 Å². The summed E-state index contributed by atoms with van der Waals surface area (Å²) < 4.78 is 0. The number of aryl methyl sites for hydroxylation is 1. The Labute approximate surface area is 105 Å². The molecule has 2 N–H and O–H groups in total. The fraction of sp³-hybridized carbons (Fsp3) is 0.600. The van der Waals surface area contributed by atoms with Crippen LogP contribution in [0.25, 0.3) is 0 Å². The molecule has 1 aliphatic rings. The van der Waals surface area contributed by atoms with Crippen molar-refractivity contribution >= 4 is 0 Å². The van der Waals surface area contributed by atoms with Crippen LogP contribution >= 0.6 is 0 Å². The molecule has 0 aliphatic carbocycles. The molecule has 1 aromatic carbocycles. The molecule has 3 atom stereocenters. The number of hydrogen-bond donors (Lipinski definition) is 1. The Morgan fingerprint density at radius 2 is 1.88 bits per heavy atom. The number of benzene rings is 1. The SMILES string of the molecule is Cc1ccc(CN2CCC(N)C(C)C2C)cc1. The van der Waals surface area contributed by atoms with E-state index in [-0.39, 0.29) is 0 Å². The zero-order valence-corrected chi connectivity index (χ0v) is 11.2. The summed E-state index contributed by atoms with van der Waals surface area (Å²) in [6, 6.07) is 9.82. The van der Waals surface area contributed by atoms with Crippen LogP contribution in [-0.4, -0.2) is 23.5 Å². The lowest BCUT2D eigenvalue weighted by Gasteiger charge is -2.41. The molecule has 1 saturated heterocycles. The van der Waals surface area contributed by atoms with E-state index in [0.29, 0.717) is 18.0 Å². The summed E-state index contributed by atoms with van der Waals surface area (Å²) in [5, 5.41) is 0. The quantitative estimate of drug-likeness (QED) is 0.849. The molecule has 0 radical (unpaired) electrons. The number of rotatable bonds is 2. The average molecular weight is 232 g/mol. The van der Waals surface area contributed by atoms with Crippen molar-refractivity contribution in [3.05, 3.63) is 35.4 Å². The molecule has 1 heterocycles. The van der Waals surface area contributed by atoms with Crippen LogP contribution in [-0.2, 0) is 6.54 Å². The van der Waals surface area contributed by atoms with Crippen LogP contribution in [0.15, 0.2) is 24.3 Å². The molecule has 2 nitrogen and oxygen atoms in total. The highest BCUT2D eigenvalue weighted by Crippen LogP contribution is 2.23. The van der Waals surface area contributed by atoms with E-state index >= 15 is 0 Å². The van der Waals surface area contributed by atoms with Crippen LogP contribution in [0.2, 0.25) is 0 Å². The first-order valence-electron chi connectivity index (χ1n) is 6.63. The molecule has 0 amide bonds. The van der Waals surface area contributed by atoms with Crippen LogP contribution in [0.5, 0.6) is 0 Å². The smallest absolute Gasteiger partial charge is 0.0236 e. The molecule has 94 valence electrons. The number of likely N-dealkylation sites (tertiary alicyclic amines) is 1. The minimum absolute atomic E-state index is 0.374. The lowest BCUT2D eigenvalue weighted by atomic mass is 9.87. The zero-order valence-electron chi connectivity index (χ0n) is 11.2. The number of piperidine rings is 1. The van der Waals surface area contributed by atoms with Gasteiger partial charge >= 0.3 is 0 Å². The van der Waals surface area contributed by atoms with Crippen molar-refractivity contribution in [3.63, 3.8) is 0 Å². The van der Waals surface area contributed by atoms with E-state index in [1.54, 1.807) is 0 Å². The van der Waals surface area contributed by atoms with Crippen molar-refractivity contribution < 1.29 is 0 Å². The van der Waals surface area contributed by atoms with Crippen LogP contribution in [0.4, 0.5) is 0 Å². The van der Waals surface area contributed by atoms with E-state index < -0.39 is 0 Å². The Kier molecular flexibility index (Phi) is 3.85. The van der Waals surface area contributed by atoms with Crippen molar-refractivity contribution in [2.45, 2.75) is 45.8 Å². The maximum Gasteiger partial charge on any atom is 0.0236 e. The van der Waals surface area contributed by atoms with Gasteiger partial charge in [-0.3, -0.25) is 4.90 Å². The molecule has 2 rings (SSSR count). The molecule has 2 heteroatoms. The average Bonchev–Trinajstić information content (AvgIpc) is 2.33. The Hall–Kier alpha value is -0.860. The van der Waals surface area contributed by atoms with E-state index in [4.69, 9.17) is 5.73 Å². The predicted octanol–water partition coefficient (Wildman–Crippen LogP) is 2.55. The first-order chi connectivity index (χ1) is 8.08. The monoisotopic (exact) mass is 232 g/mol. The molecule has 0 aromatic heterocycles. The molecular formula is C15H24N2. The Morgan fingerprint density at radius 1 is 1.24 bits per heavy atom. The fourth-order valence-electron chi connectivity index (χ4n) is 2.62. The van der Waals surface area contributed by atoms with Crippen molar-refractivity contribution in [3.8, 4) is 0 Å². The van der Waals surface area contributed by atoms with Gasteiger partial charge in [0.15, 0.2) is 0 Å². The summed E-state index contributed by atoms with van der Waals surface area (Å²) in [6.07, 6.45) is 1.12. The molecule has 0 spiro atoms. The lowest BCUT2D eigenvalue weighted by Crippen LogP contribution is -2.51. The van der Waals surface area contributed by atoms with Gasteiger partial charge in [0.05, 0.1) is 0 Å². The number of nitrogens with zero attached hydrogens (tertiary/aromatic N) is 1. The summed E-state index contributed by atoms with van der Waals surface area (Å²) in [5.74, 6) is 0.592. The third-order valence-electron chi connectivity index (χ3n) is 4.27. The highest BCUT2D eigenvalue weighted by atomic mass is 15.2. The van der Waals surface area contributed by atoms with Crippen molar-refractivity contribution in [2.24, 2.45) is 11.7 Å². The summed E-state index contributed by atoms with van der Waals surface area (Å²) in [6.45, 7) is 8.89. The second-order valence-corrected chi connectivity index (χ2v) is 5.51. The summed E-state index contributed by atoms with van der Waals surface area (Å²) in [7, 11) is 0. The molecule has 1 fully saturated rings. The van der Waals surface area contributed by atoms with Gasteiger partial charge in [-0.05, 0) is 31.7 Å². The second kappa shape index (κ2) is 5.19. The lowest BCUT2D eigenvalue weighted by molar-refractivity contribution is 0.0910.